The Labute approximate surface area is 220 Å². The Morgan fingerprint density at radius 1 is 1.11 bits per heavy atom. The minimum atomic E-state index is -1.15. The number of nitrogens with zero attached hydrogens (tertiary/aromatic N) is 1. The average Bonchev–Trinajstić information content (AvgIpc) is 2.89. The molecule has 2 aromatic carbocycles. The normalized spacial score (nSPS) is 15.9. The van der Waals surface area contributed by atoms with Gasteiger partial charge in [0.2, 0.25) is 0 Å². The van der Waals surface area contributed by atoms with Crippen LogP contribution in [0, 0.1) is 0 Å². The van der Waals surface area contributed by atoms with Gasteiger partial charge in [-0.2, -0.15) is 5.10 Å². The van der Waals surface area contributed by atoms with Crippen LogP contribution in [0.1, 0.15) is 37.9 Å². The highest BCUT2D eigenvalue weighted by atomic mass is 16.5. The molecule has 0 spiro atoms. The standard InChI is InChI=1S/C26H32N4O8/c1-5-36-20-11-16(7-9-18(20)31)13-27-30-22(32)14-38-19-10-8-17(12-21(19)37-6-2)24-23(25(33)35-4)15(3)28-26(34)29-24/h7-13,22,24,30-32H,5-6,14H2,1-4H3,(H2,28,29,34)/b27-13-/t22-,24+/m1/s1. The van der Waals surface area contributed by atoms with Gasteiger partial charge >= 0.3 is 12.0 Å². The minimum Gasteiger partial charge on any atom is -0.504 e. The Morgan fingerprint density at radius 2 is 1.84 bits per heavy atom. The average molecular weight is 529 g/mol. The van der Waals surface area contributed by atoms with Crippen molar-refractivity contribution in [2.45, 2.75) is 33.0 Å². The van der Waals surface area contributed by atoms with Crippen LogP contribution in [0.3, 0.4) is 0 Å². The van der Waals surface area contributed by atoms with Crippen LogP contribution in [0.5, 0.6) is 23.0 Å². The fourth-order valence-electron chi connectivity index (χ4n) is 3.70. The van der Waals surface area contributed by atoms with Crippen LogP contribution < -0.4 is 30.3 Å². The number of nitrogens with one attached hydrogen (secondary N) is 3. The molecule has 0 saturated heterocycles. The number of aliphatic hydroxyl groups is 1. The maximum atomic E-state index is 12.4. The van der Waals surface area contributed by atoms with E-state index in [1.807, 2.05) is 6.92 Å². The van der Waals surface area contributed by atoms with Crippen LogP contribution in [0.25, 0.3) is 0 Å². The summed E-state index contributed by atoms with van der Waals surface area (Å²) >= 11 is 0. The molecule has 12 heteroatoms. The summed E-state index contributed by atoms with van der Waals surface area (Å²) in [4.78, 5) is 24.4. The molecular formula is C26H32N4O8. The molecule has 0 aliphatic carbocycles. The summed E-state index contributed by atoms with van der Waals surface area (Å²) in [7, 11) is 1.27. The molecule has 1 heterocycles. The van der Waals surface area contributed by atoms with Crippen LogP contribution in [-0.2, 0) is 9.53 Å². The second kappa shape index (κ2) is 13.2. The third-order valence-corrected chi connectivity index (χ3v) is 5.39. The number of phenolic OH excluding ortho intramolecular Hbond substituents is 1. The number of benzene rings is 2. The first kappa shape index (κ1) is 28.1. The lowest BCUT2D eigenvalue weighted by Crippen LogP contribution is -2.45. The van der Waals surface area contributed by atoms with Crippen molar-refractivity contribution in [2.24, 2.45) is 5.10 Å². The Bertz CT molecular complexity index is 1210. The van der Waals surface area contributed by atoms with E-state index in [1.165, 1.54) is 19.4 Å². The second-order valence-electron chi connectivity index (χ2n) is 8.08. The fraction of sp³-hybridized carbons (Fsp3) is 0.346. The number of hydrogen-bond donors (Lipinski definition) is 5. The van der Waals surface area contributed by atoms with Crippen molar-refractivity contribution in [3.8, 4) is 23.0 Å². The molecule has 5 N–H and O–H groups in total. The largest absolute Gasteiger partial charge is 0.504 e. The molecule has 0 fully saturated rings. The van der Waals surface area contributed by atoms with Gasteiger partial charge < -0.3 is 39.8 Å². The van der Waals surface area contributed by atoms with E-state index in [0.29, 0.717) is 47.3 Å². The summed E-state index contributed by atoms with van der Waals surface area (Å²) in [5, 5.41) is 29.3. The van der Waals surface area contributed by atoms with Crippen LogP contribution in [0.15, 0.2) is 52.8 Å². The predicted molar refractivity (Wildman–Crippen MR) is 138 cm³/mol. The molecule has 2 atom stereocenters. The molecule has 0 aromatic heterocycles. The number of carbonyl (C=O) groups excluding carboxylic acids is 2. The number of phenols is 1. The number of hydrazone groups is 1. The predicted octanol–water partition coefficient (Wildman–Crippen LogP) is 2.31. The van der Waals surface area contributed by atoms with Crippen molar-refractivity contribution < 1.29 is 38.7 Å². The smallest absolute Gasteiger partial charge is 0.337 e. The number of amides is 2. The molecule has 2 aromatic rings. The summed E-state index contributed by atoms with van der Waals surface area (Å²) in [5.74, 6) is 0.496. The van der Waals surface area contributed by atoms with Gasteiger partial charge in [-0.05, 0) is 62.2 Å². The van der Waals surface area contributed by atoms with E-state index in [9.17, 15) is 19.8 Å². The fourth-order valence-corrected chi connectivity index (χ4v) is 3.70. The number of allylic oxidation sites excluding steroid dienone is 1. The molecule has 3 rings (SSSR count). The van der Waals surface area contributed by atoms with Crippen LogP contribution in [0.2, 0.25) is 0 Å². The van der Waals surface area contributed by atoms with Gasteiger partial charge in [0.1, 0.15) is 6.61 Å². The van der Waals surface area contributed by atoms with E-state index in [2.05, 4.69) is 21.2 Å². The monoisotopic (exact) mass is 528 g/mol. The molecule has 38 heavy (non-hydrogen) atoms. The van der Waals surface area contributed by atoms with Gasteiger partial charge in [0, 0.05) is 5.70 Å². The SMILES string of the molecule is CCOc1cc(/C=N\N[C@H](O)COc2ccc([C@@H]3NC(=O)NC(C)=C3C(=O)OC)cc2OCC)ccc1O. The number of urea groups is 1. The number of aromatic hydroxyl groups is 1. The van der Waals surface area contributed by atoms with Crippen molar-refractivity contribution in [3.63, 3.8) is 0 Å². The van der Waals surface area contributed by atoms with Crippen molar-refractivity contribution in [3.05, 3.63) is 58.8 Å². The zero-order chi connectivity index (χ0) is 27.7. The van der Waals surface area contributed by atoms with Gasteiger partial charge in [0.15, 0.2) is 29.2 Å². The minimum absolute atomic E-state index is 0.0247. The molecule has 0 saturated carbocycles. The van der Waals surface area contributed by atoms with E-state index < -0.39 is 24.3 Å². The van der Waals surface area contributed by atoms with E-state index in [1.54, 1.807) is 44.2 Å². The molecule has 12 nitrogen and oxygen atoms in total. The van der Waals surface area contributed by atoms with Crippen molar-refractivity contribution in [1.82, 2.24) is 16.1 Å². The van der Waals surface area contributed by atoms with Crippen molar-refractivity contribution in [2.75, 3.05) is 26.9 Å². The summed E-state index contributed by atoms with van der Waals surface area (Å²) < 4.78 is 21.7. The molecule has 1 aliphatic heterocycles. The summed E-state index contributed by atoms with van der Waals surface area (Å²) in [6, 6.07) is 8.52. The molecule has 0 radical (unpaired) electrons. The number of hydrogen-bond acceptors (Lipinski definition) is 10. The number of ether oxygens (including phenoxy) is 4. The second-order valence-corrected chi connectivity index (χ2v) is 8.08. The van der Waals surface area contributed by atoms with Crippen LogP contribution >= 0.6 is 0 Å². The number of methoxy groups -OCH3 is 1. The van der Waals surface area contributed by atoms with Crippen molar-refractivity contribution >= 4 is 18.2 Å². The summed E-state index contributed by atoms with van der Waals surface area (Å²) in [5.41, 5.74) is 4.45. The van der Waals surface area contributed by atoms with Crippen LogP contribution in [-0.4, -0.2) is 61.6 Å². The van der Waals surface area contributed by atoms with E-state index >= 15 is 0 Å². The summed E-state index contributed by atoms with van der Waals surface area (Å²) in [6.45, 7) is 5.81. The first-order valence-electron chi connectivity index (χ1n) is 12.0. The van der Waals surface area contributed by atoms with E-state index in [0.717, 1.165) is 0 Å². The third-order valence-electron chi connectivity index (χ3n) is 5.39. The molecular weight excluding hydrogens is 496 g/mol. The van der Waals surface area contributed by atoms with Gasteiger partial charge in [-0.3, -0.25) is 5.43 Å². The Morgan fingerprint density at radius 3 is 2.55 bits per heavy atom. The van der Waals surface area contributed by atoms with Gasteiger partial charge in [-0.15, -0.1) is 0 Å². The Balaban J connectivity index is 1.68. The number of esters is 1. The molecule has 2 amide bonds. The highest BCUT2D eigenvalue weighted by molar-refractivity contribution is 5.95. The molecule has 0 unspecified atom stereocenters. The maximum absolute atomic E-state index is 12.4. The van der Waals surface area contributed by atoms with Crippen molar-refractivity contribution in [1.29, 1.82) is 0 Å². The first-order valence-corrected chi connectivity index (χ1v) is 12.0. The Hall–Kier alpha value is -4.45. The molecule has 1 aliphatic rings. The lowest BCUT2D eigenvalue weighted by molar-refractivity contribution is -0.136. The lowest BCUT2D eigenvalue weighted by Gasteiger charge is -2.28. The van der Waals surface area contributed by atoms with Gasteiger partial charge in [-0.1, -0.05) is 6.07 Å². The van der Waals surface area contributed by atoms with Gasteiger partial charge in [0.25, 0.3) is 0 Å². The summed E-state index contributed by atoms with van der Waals surface area (Å²) in [6.07, 6.45) is 0.317. The topological polar surface area (TPSA) is 160 Å². The number of rotatable bonds is 12. The van der Waals surface area contributed by atoms with E-state index in [4.69, 9.17) is 18.9 Å². The maximum Gasteiger partial charge on any atom is 0.337 e. The molecule has 204 valence electrons. The van der Waals surface area contributed by atoms with E-state index in [-0.39, 0.29) is 17.9 Å². The van der Waals surface area contributed by atoms with Gasteiger partial charge in [-0.25, -0.2) is 9.59 Å². The third kappa shape index (κ3) is 7.07. The number of carbonyl (C=O) groups is 2. The zero-order valence-corrected chi connectivity index (χ0v) is 21.6. The number of aliphatic hydroxyl groups excluding tert-OH is 1. The highest BCUT2D eigenvalue weighted by Gasteiger charge is 2.32. The zero-order valence-electron chi connectivity index (χ0n) is 21.6. The van der Waals surface area contributed by atoms with Crippen LogP contribution in [0.4, 0.5) is 4.79 Å². The lowest BCUT2D eigenvalue weighted by atomic mass is 9.95. The Kier molecular flexibility index (Phi) is 9.77. The quantitative estimate of drug-likeness (QED) is 0.121. The van der Waals surface area contributed by atoms with Gasteiger partial charge in [0.05, 0.1) is 38.2 Å². The first-order chi connectivity index (χ1) is 18.3. The molecule has 0 bridgehead atoms. The highest BCUT2D eigenvalue weighted by Crippen LogP contribution is 2.35.